The van der Waals surface area contributed by atoms with Crippen molar-refractivity contribution in [2.24, 2.45) is 0 Å². The van der Waals surface area contributed by atoms with Crippen LogP contribution < -0.4 is 0 Å². The summed E-state index contributed by atoms with van der Waals surface area (Å²) in [5.74, 6) is 0.790. The number of pyridine rings is 1. The summed E-state index contributed by atoms with van der Waals surface area (Å²) < 4.78 is 1.62. The Labute approximate surface area is 69.9 Å². The minimum absolute atomic E-state index is 0.790. The molecule has 0 unspecified atom stereocenters. The molecule has 0 bridgehead atoms. The van der Waals surface area contributed by atoms with Gasteiger partial charge in [-0.25, -0.2) is 9.67 Å². The van der Waals surface area contributed by atoms with Gasteiger partial charge in [0.05, 0.1) is 12.4 Å². The van der Waals surface area contributed by atoms with Gasteiger partial charge in [0.15, 0.2) is 5.82 Å². The largest absolute Gasteiger partial charge is 0.237 e. The molecule has 0 spiro atoms. The topological polar surface area (TPSA) is 43.6 Å². The molecule has 60 valence electrons. The maximum Gasteiger partial charge on any atom is 0.155 e. The summed E-state index contributed by atoms with van der Waals surface area (Å²) in [5, 5.41) is 7.51. The summed E-state index contributed by atoms with van der Waals surface area (Å²) in [6.45, 7) is 2.00. The van der Waals surface area contributed by atoms with Gasteiger partial charge in [-0.1, -0.05) is 11.3 Å². The van der Waals surface area contributed by atoms with Crippen molar-refractivity contribution in [1.29, 1.82) is 0 Å². The second-order valence-corrected chi connectivity index (χ2v) is 2.54. The Bertz CT molecular complexity index is 349. The Morgan fingerprint density at radius 3 is 2.83 bits per heavy atom. The highest BCUT2D eigenvalue weighted by Crippen LogP contribution is 2.01. The minimum Gasteiger partial charge on any atom is -0.237 e. The molecule has 0 radical (unpaired) electrons. The van der Waals surface area contributed by atoms with Gasteiger partial charge < -0.3 is 0 Å². The predicted molar refractivity (Wildman–Crippen MR) is 43.9 cm³/mol. The third-order valence-corrected chi connectivity index (χ3v) is 1.55. The van der Waals surface area contributed by atoms with E-state index >= 15 is 0 Å². The van der Waals surface area contributed by atoms with Crippen LogP contribution in [0.5, 0.6) is 0 Å². The van der Waals surface area contributed by atoms with Gasteiger partial charge >= 0.3 is 0 Å². The van der Waals surface area contributed by atoms with E-state index in [-0.39, 0.29) is 0 Å². The van der Waals surface area contributed by atoms with E-state index in [1.54, 1.807) is 23.3 Å². The third-order valence-electron chi connectivity index (χ3n) is 1.55. The highest BCUT2D eigenvalue weighted by atomic mass is 15.4. The fourth-order valence-electron chi connectivity index (χ4n) is 0.926. The highest BCUT2D eigenvalue weighted by molar-refractivity contribution is 5.22. The lowest BCUT2D eigenvalue weighted by Gasteiger charge is -1.97. The monoisotopic (exact) mass is 160 g/mol. The fourth-order valence-corrected chi connectivity index (χ4v) is 0.926. The summed E-state index contributed by atoms with van der Waals surface area (Å²) in [6.07, 6.45) is 5.19. The zero-order valence-corrected chi connectivity index (χ0v) is 6.68. The standard InChI is InChI=1S/C8H8N4/c1-7-2-3-8(9-6-7)12-5-4-10-11-12/h2-6H,1H3. The molecule has 4 heteroatoms. The van der Waals surface area contributed by atoms with Gasteiger partial charge in [-0.3, -0.25) is 0 Å². The van der Waals surface area contributed by atoms with Crippen LogP contribution >= 0.6 is 0 Å². The molecule has 2 heterocycles. The summed E-state index contributed by atoms with van der Waals surface area (Å²) in [4.78, 5) is 4.18. The number of aryl methyl sites for hydroxylation is 1. The van der Waals surface area contributed by atoms with Gasteiger partial charge in [0, 0.05) is 6.20 Å². The number of hydrogen-bond acceptors (Lipinski definition) is 3. The first-order chi connectivity index (χ1) is 5.86. The average Bonchev–Trinajstić information content (AvgIpc) is 2.58. The van der Waals surface area contributed by atoms with E-state index in [2.05, 4.69) is 15.3 Å². The lowest BCUT2D eigenvalue weighted by atomic mass is 10.3. The Hall–Kier alpha value is -1.71. The van der Waals surface area contributed by atoms with Crippen LogP contribution in [0.4, 0.5) is 0 Å². The molecular formula is C8H8N4. The first-order valence-corrected chi connectivity index (χ1v) is 3.65. The van der Waals surface area contributed by atoms with Crippen LogP contribution in [0.1, 0.15) is 5.56 Å². The molecule has 2 aromatic rings. The number of hydrogen-bond donors (Lipinski definition) is 0. The summed E-state index contributed by atoms with van der Waals surface area (Å²) in [7, 11) is 0. The second-order valence-electron chi connectivity index (χ2n) is 2.54. The van der Waals surface area contributed by atoms with Crippen LogP contribution in [0.3, 0.4) is 0 Å². The molecule has 0 aliphatic heterocycles. The quantitative estimate of drug-likeness (QED) is 0.624. The molecular weight excluding hydrogens is 152 g/mol. The smallest absolute Gasteiger partial charge is 0.155 e. The SMILES string of the molecule is Cc1ccc(-n2ccnn2)nc1. The van der Waals surface area contributed by atoms with Gasteiger partial charge in [-0.2, -0.15) is 0 Å². The number of aromatic nitrogens is 4. The number of rotatable bonds is 1. The predicted octanol–water partition coefficient (Wildman–Crippen LogP) is 0.971. The summed E-state index contributed by atoms with van der Waals surface area (Å²) in [5.41, 5.74) is 1.14. The van der Waals surface area contributed by atoms with Crippen molar-refractivity contribution in [1.82, 2.24) is 20.0 Å². The van der Waals surface area contributed by atoms with Gasteiger partial charge in [0.1, 0.15) is 0 Å². The maximum absolute atomic E-state index is 4.18. The number of nitrogens with zero attached hydrogens (tertiary/aromatic N) is 4. The van der Waals surface area contributed by atoms with Crippen LogP contribution in [0.25, 0.3) is 5.82 Å². The van der Waals surface area contributed by atoms with Gasteiger partial charge in [-0.15, -0.1) is 5.10 Å². The van der Waals surface area contributed by atoms with E-state index in [0.29, 0.717) is 0 Å². The molecule has 0 aliphatic rings. The van der Waals surface area contributed by atoms with Crippen molar-refractivity contribution < 1.29 is 0 Å². The van der Waals surface area contributed by atoms with Crippen LogP contribution in [-0.2, 0) is 0 Å². The molecule has 0 aliphatic carbocycles. The molecule has 4 nitrogen and oxygen atoms in total. The minimum atomic E-state index is 0.790. The van der Waals surface area contributed by atoms with Crippen LogP contribution in [0, 0.1) is 6.92 Å². The van der Waals surface area contributed by atoms with Crippen molar-refractivity contribution >= 4 is 0 Å². The van der Waals surface area contributed by atoms with E-state index in [9.17, 15) is 0 Å². The van der Waals surface area contributed by atoms with Crippen molar-refractivity contribution in [3.8, 4) is 5.82 Å². The molecule has 0 atom stereocenters. The zero-order valence-electron chi connectivity index (χ0n) is 6.68. The lowest BCUT2D eigenvalue weighted by Crippen LogP contribution is -1.97. The van der Waals surface area contributed by atoms with Gasteiger partial charge in [0.25, 0.3) is 0 Å². The first kappa shape index (κ1) is 6.97. The Balaban J connectivity index is 2.43. The van der Waals surface area contributed by atoms with Gasteiger partial charge in [0.2, 0.25) is 0 Å². The summed E-state index contributed by atoms with van der Waals surface area (Å²) >= 11 is 0. The van der Waals surface area contributed by atoms with Crippen molar-refractivity contribution in [2.45, 2.75) is 6.92 Å². The first-order valence-electron chi connectivity index (χ1n) is 3.65. The molecule has 0 saturated carbocycles. The molecule has 0 aromatic carbocycles. The molecule has 0 amide bonds. The van der Waals surface area contributed by atoms with Crippen LogP contribution in [0.2, 0.25) is 0 Å². The maximum atomic E-state index is 4.18. The highest BCUT2D eigenvalue weighted by Gasteiger charge is 1.95. The molecule has 2 aromatic heterocycles. The molecule has 12 heavy (non-hydrogen) atoms. The van der Waals surface area contributed by atoms with Crippen molar-refractivity contribution in [2.75, 3.05) is 0 Å². The Morgan fingerprint density at radius 1 is 1.33 bits per heavy atom. The van der Waals surface area contributed by atoms with Gasteiger partial charge in [-0.05, 0) is 18.6 Å². The van der Waals surface area contributed by atoms with E-state index in [4.69, 9.17) is 0 Å². The Kier molecular flexibility index (Phi) is 1.59. The second kappa shape index (κ2) is 2.73. The van der Waals surface area contributed by atoms with E-state index < -0.39 is 0 Å². The zero-order chi connectivity index (χ0) is 8.39. The van der Waals surface area contributed by atoms with E-state index in [0.717, 1.165) is 11.4 Å². The fraction of sp³-hybridized carbons (Fsp3) is 0.125. The Morgan fingerprint density at radius 2 is 2.25 bits per heavy atom. The molecule has 0 N–H and O–H groups in total. The van der Waals surface area contributed by atoms with Crippen molar-refractivity contribution in [3.63, 3.8) is 0 Å². The normalized spacial score (nSPS) is 10.1. The molecule has 0 saturated heterocycles. The van der Waals surface area contributed by atoms with Crippen LogP contribution in [-0.4, -0.2) is 20.0 Å². The molecule has 0 fully saturated rings. The molecule has 2 rings (SSSR count). The third kappa shape index (κ3) is 1.18. The van der Waals surface area contributed by atoms with Crippen molar-refractivity contribution in [3.05, 3.63) is 36.3 Å². The summed E-state index contributed by atoms with van der Waals surface area (Å²) in [6, 6.07) is 3.90. The van der Waals surface area contributed by atoms with E-state index in [1.807, 2.05) is 19.1 Å². The average molecular weight is 160 g/mol. The lowest BCUT2D eigenvalue weighted by molar-refractivity contribution is 0.780. The van der Waals surface area contributed by atoms with E-state index in [1.165, 1.54) is 0 Å². The van der Waals surface area contributed by atoms with Crippen LogP contribution in [0.15, 0.2) is 30.7 Å².